The first-order valence-corrected chi connectivity index (χ1v) is 10.1. The molecule has 0 saturated heterocycles. The number of hydrogen-bond acceptors (Lipinski definition) is 7. The highest BCUT2D eigenvalue weighted by molar-refractivity contribution is 7.15. The van der Waals surface area contributed by atoms with E-state index >= 15 is 0 Å². The number of primary amides is 1. The van der Waals surface area contributed by atoms with Crippen LogP contribution < -0.4 is 10.5 Å². The average Bonchev–Trinajstić information content (AvgIpc) is 3.10. The number of methoxy groups -OCH3 is 1. The van der Waals surface area contributed by atoms with Gasteiger partial charge in [0.25, 0.3) is 5.70 Å². The number of allylic oxidation sites excluding steroid dienone is 2. The van der Waals surface area contributed by atoms with Crippen LogP contribution in [0.2, 0.25) is 0 Å². The summed E-state index contributed by atoms with van der Waals surface area (Å²) in [7, 11) is 1.52. The zero-order valence-corrected chi connectivity index (χ0v) is 17.9. The molecule has 160 valence electrons. The molecule has 8 nitrogen and oxygen atoms in total. The Kier molecular flexibility index (Phi) is 5.90. The number of carbonyl (C=O) groups is 3. The summed E-state index contributed by atoms with van der Waals surface area (Å²) in [5.41, 5.74) is 5.18. The van der Waals surface area contributed by atoms with Crippen LogP contribution in [0.5, 0.6) is 5.75 Å². The number of nitro groups is 1. The van der Waals surface area contributed by atoms with E-state index in [-0.39, 0.29) is 29.2 Å². The van der Waals surface area contributed by atoms with E-state index < -0.39 is 16.2 Å². The van der Waals surface area contributed by atoms with E-state index in [9.17, 15) is 24.5 Å². The van der Waals surface area contributed by atoms with Gasteiger partial charge in [0.1, 0.15) is 11.2 Å². The largest absolute Gasteiger partial charge is 0.497 e. The monoisotopic (exact) mass is 440 g/mol. The molecule has 1 amide bonds. The quantitative estimate of drug-likeness (QED) is 0.399. The number of nitrogens with two attached hydrogens (primary N) is 1. The first-order chi connectivity index (χ1) is 14.6. The van der Waals surface area contributed by atoms with Gasteiger partial charge in [-0.15, -0.1) is 11.3 Å². The van der Waals surface area contributed by atoms with Crippen molar-refractivity contribution < 1.29 is 24.0 Å². The van der Waals surface area contributed by atoms with Crippen molar-refractivity contribution in [1.29, 1.82) is 0 Å². The second-order valence-corrected chi connectivity index (χ2v) is 8.15. The molecule has 1 aliphatic carbocycles. The van der Waals surface area contributed by atoms with Gasteiger partial charge in [0, 0.05) is 22.1 Å². The van der Waals surface area contributed by atoms with Gasteiger partial charge in [0.15, 0.2) is 5.78 Å². The molecule has 1 unspecified atom stereocenters. The van der Waals surface area contributed by atoms with Gasteiger partial charge < -0.3 is 10.5 Å². The summed E-state index contributed by atoms with van der Waals surface area (Å²) >= 11 is 1.02. The van der Waals surface area contributed by atoms with E-state index in [0.717, 1.165) is 11.3 Å². The third kappa shape index (κ3) is 3.79. The molecule has 0 fully saturated rings. The number of thiophene rings is 1. The van der Waals surface area contributed by atoms with E-state index in [1.165, 1.54) is 32.3 Å². The average molecular weight is 440 g/mol. The molecule has 1 aromatic carbocycles. The smallest absolute Gasteiger partial charge is 0.265 e. The standard InChI is InChI=1S/C22H20N2O6S/c1-12-17(13(2)25)20(22(21(23)27)10-8-15(9-11-22)24(28)29)31-19(12)18(26)14-4-6-16(30-3)7-5-14/h4-10H,11H2,1-3H3,(H2,23,27). The fraction of sp³-hybridized carbons (Fsp3) is 0.227. The molecule has 0 radical (unpaired) electrons. The maximum absolute atomic E-state index is 13.2. The van der Waals surface area contributed by atoms with Crippen LogP contribution in [-0.4, -0.2) is 29.5 Å². The van der Waals surface area contributed by atoms with Crippen molar-refractivity contribution >= 4 is 28.8 Å². The fourth-order valence-corrected chi connectivity index (χ4v) is 5.07. The van der Waals surface area contributed by atoms with Gasteiger partial charge in [-0.25, -0.2) is 0 Å². The molecule has 31 heavy (non-hydrogen) atoms. The van der Waals surface area contributed by atoms with Crippen molar-refractivity contribution in [3.05, 3.63) is 84.7 Å². The number of ether oxygens (including phenoxy) is 1. The molecule has 3 rings (SSSR count). The van der Waals surface area contributed by atoms with Crippen LogP contribution in [0.25, 0.3) is 0 Å². The van der Waals surface area contributed by atoms with E-state index in [4.69, 9.17) is 10.5 Å². The van der Waals surface area contributed by atoms with E-state index in [1.54, 1.807) is 31.2 Å². The lowest BCUT2D eigenvalue weighted by Gasteiger charge is -2.27. The molecule has 1 atom stereocenters. The van der Waals surface area contributed by atoms with E-state index in [1.807, 2.05) is 0 Å². The molecule has 2 aromatic rings. The Balaban J connectivity index is 2.16. The van der Waals surface area contributed by atoms with Crippen LogP contribution in [0.1, 0.15) is 49.4 Å². The van der Waals surface area contributed by atoms with Gasteiger partial charge in [-0.3, -0.25) is 24.5 Å². The lowest BCUT2D eigenvalue weighted by Crippen LogP contribution is -2.40. The Morgan fingerprint density at radius 2 is 1.87 bits per heavy atom. The van der Waals surface area contributed by atoms with Crippen molar-refractivity contribution in [2.75, 3.05) is 7.11 Å². The summed E-state index contributed by atoms with van der Waals surface area (Å²) in [5, 5.41) is 11.1. The van der Waals surface area contributed by atoms with Gasteiger partial charge >= 0.3 is 0 Å². The maximum atomic E-state index is 13.2. The molecule has 0 bridgehead atoms. The second kappa shape index (κ2) is 8.27. The summed E-state index contributed by atoms with van der Waals surface area (Å²) in [6.45, 7) is 2.99. The number of rotatable bonds is 7. The number of hydrogen-bond donors (Lipinski definition) is 1. The first kappa shape index (κ1) is 22.1. The number of nitrogens with zero attached hydrogens (tertiary/aromatic N) is 1. The normalized spacial score (nSPS) is 17.7. The molecular weight excluding hydrogens is 420 g/mol. The molecule has 2 N–H and O–H groups in total. The number of amides is 1. The van der Waals surface area contributed by atoms with Crippen LogP contribution in [0, 0.1) is 17.0 Å². The molecule has 1 aliphatic rings. The van der Waals surface area contributed by atoms with Crippen LogP contribution >= 0.6 is 11.3 Å². The molecule has 9 heteroatoms. The van der Waals surface area contributed by atoms with Crippen molar-refractivity contribution in [1.82, 2.24) is 0 Å². The molecular formula is C22H20N2O6S. The SMILES string of the molecule is COc1ccc(C(=O)c2sc(C3(C(N)=O)C=CC([N+](=O)[O-])=CC3)c(C(C)=O)c2C)cc1. The Bertz CT molecular complexity index is 1160. The number of carbonyl (C=O) groups excluding carboxylic acids is 3. The van der Waals surface area contributed by atoms with Gasteiger partial charge in [0.2, 0.25) is 11.7 Å². The topological polar surface area (TPSA) is 130 Å². The predicted octanol–water partition coefficient (Wildman–Crippen LogP) is 3.34. The summed E-state index contributed by atoms with van der Waals surface area (Å²) in [5.74, 6) is -0.789. The summed E-state index contributed by atoms with van der Waals surface area (Å²) < 4.78 is 5.11. The van der Waals surface area contributed by atoms with Crippen molar-refractivity contribution in [2.24, 2.45) is 5.73 Å². The Morgan fingerprint density at radius 3 is 2.32 bits per heavy atom. The zero-order chi connectivity index (χ0) is 22.9. The Labute approximate surface area is 182 Å². The van der Waals surface area contributed by atoms with Crippen molar-refractivity contribution in [3.8, 4) is 5.75 Å². The molecule has 0 saturated carbocycles. The predicted molar refractivity (Wildman–Crippen MR) is 115 cm³/mol. The van der Waals surface area contributed by atoms with Gasteiger partial charge in [-0.05, 0) is 56.2 Å². The first-order valence-electron chi connectivity index (χ1n) is 9.29. The number of ketones is 2. The summed E-state index contributed by atoms with van der Waals surface area (Å²) in [6.07, 6.45) is 3.78. The Morgan fingerprint density at radius 1 is 1.23 bits per heavy atom. The minimum atomic E-state index is -1.45. The highest BCUT2D eigenvalue weighted by atomic mass is 32.1. The second-order valence-electron chi connectivity index (χ2n) is 7.13. The minimum absolute atomic E-state index is 0.0778. The molecule has 0 aliphatic heterocycles. The summed E-state index contributed by atoms with van der Waals surface area (Å²) in [4.78, 5) is 49.3. The maximum Gasteiger partial charge on any atom is 0.265 e. The van der Waals surface area contributed by atoms with Gasteiger partial charge in [0.05, 0.1) is 16.9 Å². The van der Waals surface area contributed by atoms with E-state index in [2.05, 4.69) is 0 Å². The van der Waals surface area contributed by atoms with Crippen molar-refractivity contribution in [2.45, 2.75) is 25.7 Å². The van der Waals surface area contributed by atoms with Gasteiger partial charge in [-0.2, -0.15) is 0 Å². The number of benzene rings is 1. The highest BCUT2D eigenvalue weighted by Gasteiger charge is 2.43. The summed E-state index contributed by atoms with van der Waals surface area (Å²) in [6, 6.07) is 6.54. The minimum Gasteiger partial charge on any atom is -0.497 e. The lowest BCUT2D eigenvalue weighted by atomic mass is 9.76. The highest BCUT2D eigenvalue weighted by Crippen LogP contribution is 2.43. The molecule has 0 spiro atoms. The van der Waals surface area contributed by atoms with E-state index in [0.29, 0.717) is 26.6 Å². The third-order valence-electron chi connectivity index (χ3n) is 5.28. The van der Waals surface area contributed by atoms with Crippen LogP contribution in [-0.2, 0) is 10.2 Å². The fourth-order valence-electron chi connectivity index (χ4n) is 3.57. The van der Waals surface area contributed by atoms with Crippen LogP contribution in [0.15, 0.2) is 48.2 Å². The molecule has 1 heterocycles. The number of Topliss-reactive ketones (excluding diaryl/α,β-unsaturated/α-hetero) is 1. The van der Waals surface area contributed by atoms with Gasteiger partial charge in [-0.1, -0.05) is 6.08 Å². The van der Waals surface area contributed by atoms with Crippen LogP contribution in [0.4, 0.5) is 0 Å². The lowest BCUT2D eigenvalue weighted by molar-refractivity contribution is -0.419. The third-order valence-corrected chi connectivity index (χ3v) is 6.75. The Hall–Kier alpha value is -3.59. The van der Waals surface area contributed by atoms with Crippen molar-refractivity contribution in [3.63, 3.8) is 0 Å². The van der Waals surface area contributed by atoms with Crippen LogP contribution in [0.3, 0.4) is 0 Å². The zero-order valence-electron chi connectivity index (χ0n) is 17.1. The molecule has 1 aromatic heterocycles.